The Balaban J connectivity index is 0.000000511. The van der Waals surface area contributed by atoms with Gasteiger partial charge < -0.3 is 5.32 Å². The summed E-state index contributed by atoms with van der Waals surface area (Å²) < 4.78 is 0. The third kappa shape index (κ3) is 7.79. The van der Waals surface area contributed by atoms with Crippen LogP contribution in [0.25, 0.3) is 11.3 Å². The van der Waals surface area contributed by atoms with Crippen molar-refractivity contribution in [3.63, 3.8) is 0 Å². The van der Waals surface area contributed by atoms with Crippen LogP contribution in [0.3, 0.4) is 0 Å². The summed E-state index contributed by atoms with van der Waals surface area (Å²) in [6.07, 6.45) is 0. The topological polar surface area (TPSA) is 54.0 Å². The zero-order chi connectivity index (χ0) is 18.1. The molecule has 0 aliphatic heterocycles. The maximum absolute atomic E-state index is 11.9. The molecule has 2 aromatic carbocycles. The van der Waals surface area contributed by atoms with Gasteiger partial charge in [0.25, 0.3) is 0 Å². The van der Waals surface area contributed by atoms with E-state index in [4.69, 9.17) is 26.7 Å². The van der Waals surface area contributed by atoms with Crippen molar-refractivity contribution in [2.45, 2.75) is 0 Å². The first-order chi connectivity index (χ1) is 12.0. The molecule has 0 atom stereocenters. The number of thiazole rings is 1. The Kier molecular flexibility index (Phi) is 8.77. The number of para-hydroxylation sites is 1. The van der Waals surface area contributed by atoms with E-state index in [1.165, 1.54) is 11.3 Å². The molecule has 0 aliphatic rings. The molecule has 1 heterocycles. The Labute approximate surface area is 168 Å². The van der Waals surface area contributed by atoms with E-state index in [0.717, 1.165) is 16.9 Å². The number of nitrogens with zero attached hydrogens (tertiary/aromatic N) is 1. The van der Waals surface area contributed by atoms with Crippen molar-refractivity contribution in [3.05, 3.63) is 66.0 Å². The second kappa shape index (κ2) is 10.8. The normalized spacial score (nSPS) is 10.3. The largest absolute Gasteiger partial charge is 0.325 e. The van der Waals surface area contributed by atoms with Gasteiger partial charge in [-0.2, -0.15) is 0 Å². The van der Waals surface area contributed by atoms with Crippen LogP contribution in [0.15, 0.2) is 66.0 Å². The van der Waals surface area contributed by atoms with Gasteiger partial charge in [-0.25, -0.2) is 9.78 Å². The SMILES string of the molecule is ClI(Cl)Cl.O=C(Nc1ccccc1)Nc1nc(-c2ccccc2)cs1. The summed E-state index contributed by atoms with van der Waals surface area (Å²) in [6, 6.07) is 18.9. The fraction of sp³-hybridized carbons (Fsp3) is 0. The molecule has 0 spiro atoms. The van der Waals surface area contributed by atoms with Crippen LogP contribution < -0.4 is 10.6 Å². The molecule has 0 saturated carbocycles. The maximum atomic E-state index is 11.9. The third-order valence-electron chi connectivity index (χ3n) is 2.83. The monoisotopic (exact) mass is 527 g/mol. The van der Waals surface area contributed by atoms with Crippen molar-refractivity contribution in [3.8, 4) is 11.3 Å². The fourth-order valence-corrected chi connectivity index (χ4v) is 2.57. The number of aromatic nitrogens is 1. The second-order valence-corrected chi connectivity index (χ2v) is 15.0. The minimum atomic E-state index is -1.85. The maximum Gasteiger partial charge on any atom is 0.325 e. The van der Waals surface area contributed by atoms with Gasteiger partial charge in [-0.15, -0.1) is 11.3 Å². The quantitative estimate of drug-likeness (QED) is 0.348. The molecule has 0 bridgehead atoms. The Morgan fingerprint density at radius 2 is 1.48 bits per heavy atom. The van der Waals surface area contributed by atoms with E-state index in [9.17, 15) is 4.79 Å². The van der Waals surface area contributed by atoms with Crippen LogP contribution in [0.2, 0.25) is 0 Å². The first-order valence-corrected chi connectivity index (χ1v) is 16.0. The summed E-state index contributed by atoms with van der Waals surface area (Å²) in [4.78, 5) is 16.3. The molecular weight excluding hydrogens is 516 g/mol. The number of amides is 2. The van der Waals surface area contributed by atoms with Crippen molar-refractivity contribution < 1.29 is 4.79 Å². The Bertz CT molecular complexity index is 785. The van der Waals surface area contributed by atoms with Gasteiger partial charge in [0, 0.05) is 16.6 Å². The minimum Gasteiger partial charge on any atom is -0.308 e. The first kappa shape index (κ1) is 20.3. The average molecular weight is 529 g/mol. The predicted molar refractivity (Wildman–Crippen MR) is 118 cm³/mol. The van der Waals surface area contributed by atoms with E-state index < -0.39 is 16.4 Å². The van der Waals surface area contributed by atoms with Crippen molar-refractivity contribution in [1.82, 2.24) is 4.98 Å². The molecule has 25 heavy (non-hydrogen) atoms. The van der Waals surface area contributed by atoms with Crippen LogP contribution in [-0.2, 0) is 0 Å². The molecular formula is C16H13Cl3IN3OS. The summed E-state index contributed by atoms with van der Waals surface area (Å²) in [5.41, 5.74) is 2.63. The number of carbonyl (C=O) groups excluding carboxylic acids is 1. The minimum absolute atomic E-state index is 0.296. The molecule has 2 N–H and O–H groups in total. The molecule has 0 radical (unpaired) electrons. The van der Waals surface area contributed by atoms with Crippen molar-refractivity contribution >= 4 is 71.3 Å². The third-order valence-corrected chi connectivity index (χ3v) is 3.58. The standard InChI is InChI=1S/C16H13N3OS.Cl3I/c20-15(17-13-9-5-2-6-10-13)19-16-18-14(11-21-16)12-7-3-1-4-8-12;1-4(2)3/h1-11H,(H2,17,18,19,20);. The summed E-state index contributed by atoms with van der Waals surface area (Å²) in [5, 5.41) is 7.99. The average Bonchev–Trinajstić information content (AvgIpc) is 3.04. The number of anilines is 2. The van der Waals surface area contributed by atoms with Crippen LogP contribution in [0.1, 0.15) is 0 Å². The van der Waals surface area contributed by atoms with Gasteiger partial charge in [0.15, 0.2) is 5.13 Å². The summed E-state index contributed by atoms with van der Waals surface area (Å²) >= 11 is -0.446. The number of carbonyl (C=O) groups is 1. The molecule has 9 heteroatoms. The number of rotatable bonds is 3. The molecule has 132 valence electrons. The number of halogens is 4. The van der Waals surface area contributed by atoms with E-state index in [1.54, 1.807) is 0 Å². The molecule has 2 amide bonds. The van der Waals surface area contributed by atoms with Crippen LogP contribution in [0.5, 0.6) is 0 Å². The van der Waals surface area contributed by atoms with Gasteiger partial charge in [-0.1, -0.05) is 48.5 Å². The van der Waals surface area contributed by atoms with E-state index in [-0.39, 0.29) is 6.03 Å². The van der Waals surface area contributed by atoms with Gasteiger partial charge in [-0.3, -0.25) is 5.32 Å². The summed E-state index contributed by atoms with van der Waals surface area (Å²) in [6.45, 7) is 0. The van der Waals surface area contributed by atoms with Gasteiger partial charge in [0.05, 0.1) is 5.69 Å². The molecule has 3 aromatic rings. The molecule has 4 nitrogen and oxygen atoms in total. The number of hydrogen-bond acceptors (Lipinski definition) is 3. The van der Waals surface area contributed by atoms with Gasteiger partial charge >= 0.3 is 49.2 Å². The fourth-order valence-electron chi connectivity index (χ4n) is 1.85. The molecule has 3 rings (SSSR count). The number of benzene rings is 2. The Hall–Kier alpha value is -1.06. The zero-order valence-corrected chi connectivity index (χ0v) is 17.9. The van der Waals surface area contributed by atoms with Crippen LogP contribution in [-0.4, -0.2) is 11.0 Å². The first-order valence-electron chi connectivity index (χ1n) is 6.88. The van der Waals surface area contributed by atoms with E-state index >= 15 is 0 Å². The molecule has 0 saturated heterocycles. The molecule has 1 aromatic heterocycles. The number of urea groups is 1. The van der Waals surface area contributed by atoms with Crippen molar-refractivity contribution in [2.24, 2.45) is 0 Å². The van der Waals surface area contributed by atoms with E-state index in [2.05, 4.69) is 15.6 Å². The number of nitrogens with one attached hydrogen (secondary N) is 2. The summed E-state index contributed by atoms with van der Waals surface area (Å²) in [7, 11) is 14.9. The van der Waals surface area contributed by atoms with Crippen molar-refractivity contribution in [1.29, 1.82) is 0 Å². The molecule has 0 unspecified atom stereocenters. The smallest absolute Gasteiger partial charge is 0.308 e. The predicted octanol–water partition coefficient (Wildman–Crippen LogP) is 7.41. The Morgan fingerprint density at radius 3 is 2.08 bits per heavy atom. The molecule has 0 fully saturated rings. The zero-order valence-electron chi connectivity index (χ0n) is 12.6. The van der Waals surface area contributed by atoms with Gasteiger partial charge in [0.2, 0.25) is 0 Å². The van der Waals surface area contributed by atoms with Crippen LogP contribution in [0, 0.1) is 0 Å². The molecule has 0 aliphatic carbocycles. The van der Waals surface area contributed by atoms with Gasteiger partial charge in [-0.05, 0) is 12.1 Å². The van der Waals surface area contributed by atoms with E-state index in [1.807, 2.05) is 66.0 Å². The second-order valence-electron chi connectivity index (χ2n) is 4.51. The van der Waals surface area contributed by atoms with Gasteiger partial charge in [0.1, 0.15) is 0 Å². The Morgan fingerprint density at radius 1 is 0.920 bits per heavy atom. The summed E-state index contributed by atoms with van der Waals surface area (Å²) in [5.74, 6) is 0. The van der Waals surface area contributed by atoms with E-state index in [0.29, 0.717) is 5.13 Å². The van der Waals surface area contributed by atoms with Crippen LogP contribution in [0.4, 0.5) is 15.6 Å². The van der Waals surface area contributed by atoms with Crippen molar-refractivity contribution in [2.75, 3.05) is 10.6 Å². The number of hydrogen-bond donors (Lipinski definition) is 2. The van der Waals surface area contributed by atoms with Crippen LogP contribution >= 0.6 is 54.5 Å².